The molecule has 0 aliphatic carbocycles. The third kappa shape index (κ3) is 4.71. The van der Waals surface area contributed by atoms with Crippen molar-refractivity contribution < 1.29 is 18.7 Å². The lowest BCUT2D eigenvalue weighted by Crippen LogP contribution is -2.53. The first-order chi connectivity index (χ1) is 13.1. The van der Waals surface area contributed by atoms with Gasteiger partial charge in [0.05, 0.1) is 6.04 Å². The van der Waals surface area contributed by atoms with Gasteiger partial charge >= 0.3 is 0 Å². The van der Waals surface area contributed by atoms with E-state index in [0.717, 1.165) is 24.0 Å². The lowest BCUT2D eigenvalue weighted by atomic mass is 9.97. The first-order valence-electron chi connectivity index (χ1n) is 9.00. The highest BCUT2D eigenvalue weighted by Gasteiger charge is 2.39. The SMILES string of the molecule is CN1C(=O)COC(C(=O)NCCCc2ccc(F)cc2)C1c1ccccc1. The Morgan fingerprint density at radius 2 is 1.89 bits per heavy atom. The van der Waals surface area contributed by atoms with Crippen LogP contribution < -0.4 is 5.32 Å². The normalized spacial score (nSPS) is 19.8. The zero-order valence-electron chi connectivity index (χ0n) is 15.2. The molecule has 5 nitrogen and oxygen atoms in total. The average molecular weight is 370 g/mol. The third-order valence-electron chi connectivity index (χ3n) is 4.74. The number of halogens is 1. The Morgan fingerprint density at radius 1 is 1.19 bits per heavy atom. The molecular formula is C21H23FN2O3. The van der Waals surface area contributed by atoms with Crippen molar-refractivity contribution in [2.24, 2.45) is 0 Å². The zero-order chi connectivity index (χ0) is 19.2. The summed E-state index contributed by atoms with van der Waals surface area (Å²) in [5.74, 6) is -0.640. The molecule has 0 spiro atoms. The number of nitrogens with one attached hydrogen (secondary N) is 1. The molecule has 1 N–H and O–H groups in total. The molecule has 1 fully saturated rings. The predicted octanol–water partition coefficient (Wildman–Crippen LogP) is 2.47. The number of likely N-dealkylation sites (N-methyl/N-ethyl adjacent to an activating group) is 1. The second-order valence-electron chi connectivity index (χ2n) is 6.61. The number of morpholine rings is 1. The molecule has 142 valence electrons. The zero-order valence-corrected chi connectivity index (χ0v) is 15.2. The monoisotopic (exact) mass is 370 g/mol. The van der Waals surface area contributed by atoms with Gasteiger partial charge in [-0.3, -0.25) is 9.59 Å². The molecule has 3 rings (SSSR count). The van der Waals surface area contributed by atoms with Crippen molar-refractivity contribution in [1.29, 1.82) is 0 Å². The number of benzene rings is 2. The minimum absolute atomic E-state index is 0.104. The molecule has 1 heterocycles. The number of hydrogen-bond donors (Lipinski definition) is 1. The molecule has 2 amide bonds. The first kappa shape index (κ1) is 19.0. The molecule has 2 unspecified atom stereocenters. The van der Waals surface area contributed by atoms with E-state index in [0.29, 0.717) is 6.54 Å². The summed E-state index contributed by atoms with van der Waals surface area (Å²) < 4.78 is 18.5. The highest BCUT2D eigenvalue weighted by atomic mass is 19.1. The maximum atomic E-state index is 12.9. The molecule has 27 heavy (non-hydrogen) atoms. The van der Waals surface area contributed by atoms with E-state index in [1.165, 1.54) is 12.1 Å². The van der Waals surface area contributed by atoms with Crippen LogP contribution in [0.1, 0.15) is 23.6 Å². The maximum absolute atomic E-state index is 12.9. The lowest BCUT2D eigenvalue weighted by molar-refractivity contribution is -0.162. The number of rotatable bonds is 6. The lowest BCUT2D eigenvalue weighted by Gasteiger charge is -2.38. The topological polar surface area (TPSA) is 58.6 Å². The Kier molecular flexibility index (Phi) is 6.19. The highest BCUT2D eigenvalue weighted by Crippen LogP contribution is 2.29. The molecule has 0 radical (unpaired) electrons. The number of nitrogens with zero attached hydrogens (tertiary/aromatic N) is 1. The summed E-state index contributed by atoms with van der Waals surface area (Å²) in [4.78, 5) is 26.3. The Balaban J connectivity index is 1.58. The van der Waals surface area contributed by atoms with E-state index in [4.69, 9.17) is 4.74 Å². The van der Waals surface area contributed by atoms with Crippen molar-refractivity contribution in [1.82, 2.24) is 10.2 Å². The van der Waals surface area contributed by atoms with Crippen LogP contribution in [0, 0.1) is 5.82 Å². The van der Waals surface area contributed by atoms with Crippen molar-refractivity contribution in [3.05, 3.63) is 71.5 Å². The van der Waals surface area contributed by atoms with Gasteiger partial charge in [0.1, 0.15) is 12.4 Å². The number of carbonyl (C=O) groups is 2. The maximum Gasteiger partial charge on any atom is 0.251 e. The van der Waals surface area contributed by atoms with Gasteiger partial charge < -0.3 is 15.0 Å². The fourth-order valence-electron chi connectivity index (χ4n) is 3.24. The van der Waals surface area contributed by atoms with E-state index >= 15 is 0 Å². The van der Waals surface area contributed by atoms with Gasteiger partial charge in [-0.2, -0.15) is 0 Å². The molecule has 1 aliphatic heterocycles. The van der Waals surface area contributed by atoms with Gasteiger partial charge in [0.15, 0.2) is 6.10 Å². The van der Waals surface area contributed by atoms with Crippen LogP contribution in [0.3, 0.4) is 0 Å². The van der Waals surface area contributed by atoms with E-state index in [1.54, 1.807) is 24.1 Å². The first-order valence-corrected chi connectivity index (χ1v) is 9.00. The Hall–Kier alpha value is -2.73. The van der Waals surface area contributed by atoms with Gasteiger partial charge in [-0.05, 0) is 36.1 Å². The van der Waals surface area contributed by atoms with Crippen LogP contribution in [0.5, 0.6) is 0 Å². The van der Waals surface area contributed by atoms with E-state index in [2.05, 4.69) is 5.32 Å². The van der Waals surface area contributed by atoms with Gasteiger partial charge in [0.2, 0.25) is 5.91 Å². The second kappa shape index (κ2) is 8.77. The standard InChI is InChI=1S/C21H23FN2O3/c1-24-18(25)14-27-20(19(24)16-7-3-2-4-8-16)21(26)23-13-5-6-15-9-11-17(22)12-10-15/h2-4,7-12,19-20H,5-6,13-14H2,1H3,(H,23,26). The summed E-state index contributed by atoms with van der Waals surface area (Å²) in [5.41, 5.74) is 1.88. The van der Waals surface area contributed by atoms with Gasteiger partial charge in [-0.25, -0.2) is 4.39 Å². The van der Waals surface area contributed by atoms with Crippen molar-refractivity contribution in [2.75, 3.05) is 20.2 Å². The van der Waals surface area contributed by atoms with Crippen molar-refractivity contribution in [2.45, 2.75) is 25.0 Å². The molecule has 0 saturated carbocycles. The summed E-state index contributed by atoms with van der Waals surface area (Å²) in [5, 5.41) is 2.89. The van der Waals surface area contributed by atoms with Gasteiger partial charge in [0, 0.05) is 13.6 Å². The third-order valence-corrected chi connectivity index (χ3v) is 4.74. The number of aryl methyl sites for hydroxylation is 1. The fourth-order valence-corrected chi connectivity index (χ4v) is 3.24. The van der Waals surface area contributed by atoms with Crippen molar-refractivity contribution in [3.8, 4) is 0 Å². The van der Waals surface area contributed by atoms with Crippen LogP contribution in [-0.2, 0) is 20.7 Å². The highest BCUT2D eigenvalue weighted by molar-refractivity contribution is 5.86. The number of amides is 2. The van der Waals surface area contributed by atoms with E-state index in [9.17, 15) is 14.0 Å². The van der Waals surface area contributed by atoms with Crippen LogP contribution in [0.2, 0.25) is 0 Å². The number of carbonyl (C=O) groups excluding carboxylic acids is 2. The van der Waals surface area contributed by atoms with Crippen LogP contribution in [0.25, 0.3) is 0 Å². The summed E-state index contributed by atoms with van der Waals surface area (Å²) in [6.07, 6.45) is 0.725. The summed E-state index contributed by atoms with van der Waals surface area (Å²) in [6, 6.07) is 15.3. The average Bonchev–Trinajstić information content (AvgIpc) is 2.69. The van der Waals surface area contributed by atoms with E-state index in [1.807, 2.05) is 30.3 Å². The molecule has 6 heteroatoms. The van der Waals surface area contributed by atoms with Crippen LogP contribution in [0.4, 0.5) is 4.39 Å². The minimum atomic E-state index is -0.749. The van der Waals surface area contributed by atoms with E-state index in [-0.39, 0.29) is 24.2 Å². The van der Waals surface area contributed by atoms with Gasteiger partial charge in [-0.15, -0.1) is 0 Å². The Labute approximate surface area is 158 Å². The molecule has 2 aromatic carbocycles. The molecular weight excluding hydrogens is 347 g/mol. The Morgan fingerprint density at radius 3 is 2.59 bits per heavy atom. The largest absolute Gasteiger partial charge is 0.356 e. The van der Waals surface area contributed by atoms with Gasteiger partial charge in [0.25, 0.3) is 5.91 Å². The van der Waals surface area contributed by atoms with Crippen molar-refractivity contribution >= 4 is 11.8 Å². The molecule has 1 saturated heterocycles. The number of ether oxygens (including phenoxy) is 1. The van der Waals surface area contributed by atoms with E-state index < -0.39 is 12.1 Å². The second-order valence-corrected chi connectivity index (χ2v) is 6.61. The molecule has 2 aromatic rings. The Bertz CT molecular complexity index is 780. The van der Waals surface area contributed by atoms with Gasteiger partial charge in [-0.1, -0.05) is 42.5 Å². The minimum Gasteiger partial charge on any atom is -0.356 e. The van der Waals surface area contributed by atoms with Crippen LogP contribution >= 0.6 is 0 Å². The van der Waals surface area contributed by atoms with Crippen LogP contribution in [-0.4, -0.2) is 43.0 Å². The summed E-state index contributed by atoms with van der Waals surface area (Å²) >= 11 is 0. The molecule has 0 aromatic heterocycles. The molecule has 0 bridgehead atoms. The van der Waals surface area contributed by atoms with Crippen molar-refractivity contribution in [3.63, 3.8) is 0 Å². The summed E-state index contributed by atoms with van der Waals surface area (Å²) in [6.45, 7) is 0.378. The fraction of sp³-hybridized carbons (Fsp3) is 0.333. The molecule has 2 atom stereocenters. The quantitative estimate of drug-likeness (QED) is 0.795. The smallest absolute Gasteiger partial charge is 0.251 e. The number of hydrogen-bond acceptors (Lipinski definition) is 3. The molecule has 1 aliphatic rings. The summed E-state index contributed by atoms with van der Waals surface area (Å²) in [7, 11) is 1.69. The predicted molar refractivity (Wildman–Crippen MR) is 99.4 cm³/mol. The van der Waals surface area contributed by atoms with Crippen LogP contribution in [0.15, 0.2) is 54.6 Å².